The molecule has 2 fully saturated rings. The molecule has 0 saturated carbocycles. The van der Waals surface area contributed by atoms with Crippen LogP contribution in [-0.2, 0) is 14.4 Å². The maximum absolute atomic E-state index is 12.9. The topological polar surface area (TPSA) is 77.9 Å². The molecule has 1 unspecified atom stereocenters. The molecule has 2 aliphatic heterocycles. The molecule has 2 saturated heterocycles. The maximum Gasteiger partial charge on any atom is 0.303 e. The zero-order chi connectivity index (χ0) is 19.7. The Morgan fingerprint density at radius 3 is 2.50 bits per heavy atom. The van der Waals surface area contributed by atoms with Gasteiger partial charge in [-0.25, -0.2) is 0 Å². The van der Waals surface area contributed by atoms with E-state index in [1.807, 2.05) is 47.4 Å². The average Bonchev–Trinajstić information content (AvgIpc) is 3.08. The molecule has 6 heteroatoms. The monoisotopic (exact) mass is 380 g/mol. The minimum Gasteiger partial charge on any atom is -0.481 e. The quantitative estimate of drug-likeness (QED) is 0.885. The molecule has 2 heterocycles. The molecule has 2 aromatic rings. The van der Waals surface area contributed by atoms with Crippen LogP contribution >= 0.6 is 0 Å². The van der Waals surface area contributed by atoms with E-state index < -0.39 is 5.97 Å². The average molecular weight is 380 g/mol. The third-order valence-electron chi connectivity index (χ3n) is 5.92. The van der Waals surface area contributed by atoms with Crippen molar-refractivity contribution in [3.05, 3.63) is 42.5 Å². The van der Waals surface area contributed by atoms with Gasteiger partial charge in [0.05, 0.1) is 11.6 Å². The van der Waals surface area contributed by atoms with Crippen LogP contribution in [-0.4, -0.2) is 47.4 Å². The predicted molar refractivity (Wildman–Crippen MR) is 106 cm³/mol. The molecule has 0 aliphatic carbocycles. The molecular formula is C22H24N2O4. The van der Waals surface area contributed by atoms with Gasteiger partial charge in [-0.1, -0.05) is 36.4 Å². The van der Waals surface area contributed by atoms with Gasteiger partial charge >= 0.3 is 5.97 Å². The Balaban J connectivity index is 1.45. The summed E-state index contributed by atoms with van der Waals surface area (Å²) >= 11 is 0. The van der Waals surface area contributed by atoms with Crippen LogP contribution in [0.2, 0.25) is 0 Å². The predicted octanol–water partition coefficient (Wildman–Crippen LogP) is 2.91. The number of benzene rings is 2. The SMILES string of the molecule is O=C(O)CC1CCN(C(=O)C2CC(=O)N(c3cccc4ccccc34)C2)CC1. The van der Waals surface area contributed by atoms with Crippen molar-refractivity contribution in [1.29, 1.82) is 0 Å². The molecule has 1 N–H and O–H groups in total. The zero-order valence-corrected chi connectivity index (χ0v) is 15.7. The fourth-order valence-corrected chi connectivity index (χ4v) is 4.41. The number of carboxylic acid groups (broad SMARTS) is 1. The Bertz CT molecular complexity index is 912. The number of carboxylic acids is 1. The van der Waals surface area contributed by atoms with E-state index in [1.54, 1.807) is 4.90 Å². The number of aliphatic carboxylic acids is 1. The molecule has 146 valence electrons. The summed E-state index contributed by atoms with van der Waals surface area (Å²) < 4.78 is 0. The summed E-state index contributed by atoms with van der Waals surface area (Å²) in [5.41, 5.74) is 0.860. The summed E-state index contributed by atoms with van der Waals surface area (Å²) in [5, 5.41) is 11.0. The Hall–Kier alpha value is -2.89. The summed E-state index contributed by atoms with van der Waals surface area (Å²) in [6.07, 6.45) is 1.83. The van der Waals surface area contributed by atoms with Crippen LogP contribution in [0.25, 0.3) is 10.8 Å². The summed E-state index contributed by atoms with van der Waals surface area (Å²) in [6.45, 7) is 1.56. The third-order valence-corrected chi connectivity index (χ3v) is 5.92. The number of rotatable bonds is 4. The highest BCUT2D eigenvalue weighted by Crippen LogP contribution is 2.33. The molecule has 1 atom stereocenters. The molecule has 2 amide bonds. The molecule has 0 spiro atoms. The van der Waals surface area contributed by atoms with Gasteiger partial charge in [-0.3, -0.25) is 14.4 Å². The number of fused-ring (bicyclic) bond motifs is 1. The van der Waals surface area contributed by atoms with Crippen molar-refractivity contribution in [3.63, 3.8) is 0 Å². The number of hydrogen-bond acceptors (Lipinski definition) is 3. The van der Waals surface area contributed by atoms with Gasteiger partial charge in [0.15, 0.2) is 0 Å². The number of carbonyl (C=O) groups excluding carboxylic acids is 2. The Morgan fingerprint density at radius 2 is 1.75 bits per heavy atom. The number of nitrogens with zero attached hydrogens (tertiary/aromatic N) is 2. The van der Waals surface area contributed by atoms with Crippen LogP contribution in [0, 0.1) is 11.8 Å². The normalized spacial score (nSPS) is 20.7. The van der Waals surface area contributed by atoms with Gasteiger partial charge in [0.1, 0.15) is 0 Å². The van der Waals surface area contributed by atoms with Crippen molar-refractivity contribution >= 4 is 34.2 Å². The van der Waals surface area contributed by atoms with Crippen molar-refractivity contribution in [2.45, 2.75) is 25.7 Å². The van der Waals surface area contributed by atoms with Crippen LogP contribution in [0.4, 0.5) is 5.69 Å². The molecule has 4 rings (SSSR count). The fraction of sp³-hybridized carbons (Fsp3) is 0.409. The standard InChI is InChI=1S/C22H24N2O4/c25-20-13-17(22(28)23-10-8-15(9-11-23)12-21(26)27)14-24(20)19-7-3-5-16-4-1-2-6-18(16)19/h1-7,15,17H,8-14H2,(H,26,27). The number of carbonyl (C=O) groups is 3. The van der Waals surface area contributed by atoms with Crippen LogP contribution in [0.1, 0.15) is 25.7 Å². The molecule has 28 heavy (non-hydrogen) atoms. The highest BCUT2D eigenvalue weighted by molar-refractivity contribution is 6.07. The molecule has 0 radical (unpaired) electrons. The molecular weight excluding hydrogens is 356 g/mol. The first kappa shape index (κ1) is 18.5. The van der Waals surface area contributed by atoms with Gasteiger partial charge in [-0.2, -0.15) is 0 Å². The first-order valence-electron chi connectivity index (χ1n) is 9.81. The van der Waals surface area contributed by atoms with Crippen LogP contribution in [0.15, 0.2) is 42.5 Å². The number of anilines is 1. The minimum absolute atomic E-state index is 0.0181. The second-order valence-electron chi connectivity index (χ2n) is 7.77. The molecule has 2 aromatic carbocycles. The van der Waals surface area contributed by atoms with Gasteiger partial charge in [0.25, 0.3) is 0 Å². The van der Waals surface area contributed by atoms with E-state index in [1.165, 1.54) is 0 Å². The van der Waals surface area contributed by atoms with Crippen molar-refractivity contribution in [1.82, 2.24) is 4.90 Å². The van der Waals surface area contributed by atoms with Crippen LogP contribution in [0.5, 0.6) is 0 Å². The van der Waals surface area contributed by atoms with Crippen LogP contribution in [0.3, 0.4) is 0 Å². The maximum atomic E-state index is 12.9. The fourth-order valence-electron chi connectivity index (χ4n) is 4.41. The largest absolute Gasteiger partial charge is 0.481 e. The summed E-state index contributed by atoms with van der Waals surface area (Å²) in [4.78, 5) is 40.0. The number of likely N-dealkylation sites (tertiary alicyclic amines) is 1. The molecule has 2 aliphatic rings. The van der Waals surface area contributed by atoms with E-state index in [2.05, 4.69) is 0 Å². The van der Waals surface area contributed by atoms with E-state index in [4.69, 9.17) is 5.11 Å². The summed E-state index contributed by atoms with van der Waals surface area (Å²) in [5.74, 6) is -0.973. The Kier molecular flexibility index (Phi) is 5.03. The van der Waals surface area contributed by atoms with Gasteiger partial charge < -0.3 is 14.9 Å². The van der Waals surface area contributed by atoms with Crippen molar-refractivity contribution < 1.29 is 19.5 Å². The molecule has 6 nitrogen and oxygen atoms in total. The lowest BCUT2D eigenvalue weighted by Crippen LogP contribution is -2.42. The lowest BCUT2D eigenvalue weighted by molar-refractivity contribution is -0.139. The van der Waals surface area contributed by atoms with E-state index in [0.717, 1.165) is 16.5 Å². The van der Waals surface area contributed by atoms with E-state index >= 15 is 0 Å². The Morgan fingerprint density at radius 1 is 1.04 bits per heavy atom. The zero-order valence-electron chi connectivity index (χ0n) is 15.7. The number of hydrogen-bond donors (Lipinski definition) is 1. The Labute approximate surface area is 163 Å². The molecule has 0 bridgehead atoms. The van der Waals surface area contributed by atoms with E-state index in [-0.39, 0.29) is 36.5 Å². The van der Waals surface area contributed by atoms with Gasteiger partial charge in [-0.15, -0.1) is 0 Å². The van der Waals surface area contributed by atoms with Crippen molar-refractivity contribution in [2.24, 2.45) is 11.8 Å². The summed E-state index contributed by atoms with van der Waals surface area (Å²) in [6, 6.07) is 13.8. The van der Waals surface area contributed by atoms with E-state index in [0.29, 0.717) is 32.5 Å². The highest BCUT2D eigenvalue weighted by Gasteiger charge is 2.38. The van der Waals surface area contributed by atoms with Crippen molar-refractivity contribution in [3.8, 4) is 0 Å². The lowest BCUT2D eigenvalue weighted by Gasteiger charge is -2.33. The van der Waals surface area contributed by atoms with Gasteiger partial charge in [0, 0.05) is 37.9 Å². The third kappa shape index (κ3) is 3.59. The van der Waals surface area contributed by atoms with Gasteiger partial charge in [-0.05, 0) is 30.2 Å². The number of piperidine rings is 1. The summed E-state index contributed by atoms with van der Waals surface area (Å²) in [7, 11) is 0. The second-order valence-corrected chi connectivity index (χ2v) is 7.77. The minimum atomic E-state index is -0.781. The smallest absolute Gasteiger partial charge is 0.303 e. The van der Waals surface area contributed by atoms with E-state index in [9.17, 15) is 14.4 Å². The van der Waals surface area contributed by atoms with Crippen molar-refractivity contribution in [2.75, 3.05) is 24.5 Å². The van der Waals surface area contributed by atoms with Gasteiger partial charge in [0.2, 0.25) is 11.8 Å². The first-order chi connectivity index (χ1) is 13.5. The number of amides is 2. The van der Waals surface area contributed by atoms with Crippen LogP contribution < -0.4 is 4.90 Å². The second kappa shape index (κ2) is 7.62. The lowest BCUT2D eigenvalue weighted by atomic mass is 9.92. The first-order valence-corrected chi connectivity index (χ1v) is 9.81. The molecule has 0 aromatic heterocycles. The highest BCUT2D eigenvalue weighted by atomic mass is 16.4.